The Morgan fingerprint density at radius 3 is 2.86 bits per heavy atom. The summed E-state index contributed by atoms with van der Waals surface area (Å²) in [6, 6.07) is 5.18. The van der Waals surface area contributed by atoms with Gasteiger partial charge in [0, 0.05) is 24.4 Å². The molecule has 1 aromatic rings. The number of carboxylic acids is 1. The molecule has 0 aromatic heterocycles. The summed E-state index contributed by atoms with van der Waals surface area (Å²) < 4.78 is 0. The maximum absolute atomic E-state index is 11.3. The highest BCUT2D eigenvalue weighted by molar-refractivity contribution is 6.00. The zero-order chi connectivity index (χ0) is 10.1. The summed E-state index contributed by atoms with van der Waals surface area (Å²) >= 11 is 0. The van der Waals surface area contributed by atoms with Crippen molar-refractivity contribution in [2.24, 2.45) is 0 Å². The number of hydrogen-bond acceptors (Lipinski definition) is 3. The molecule has 0 atom stereocenters. The smallest absolute Gasteiger partial charge is 0.163 e. The molecule has 3 heteroatoms. The monoisotopic (exact) mass is 189 g/mol. The second-order valence-corrected chi connectivity index (χ2v) is 3.46. The Hall–Kier alpha value is -1.64. The van der Waals surface area contributed by atoms with Gasteiger partial charge < -0.3 is 9.90 Å². The minimum Gasteiger partial charge on any atom is -0.550 e. The van der Waals surface area contributed by atoms with Crippen LogP contribution in [0.3, 0.4) is 0 Å². The number of aryl methyl sites for hydroxylation is 1. The highest BCUT2D eigenvalue weighted by Gasteiger charge is 2.18. The fourth-order valence-corrected chi connectivity index (χ4v) is 1.79. The summed E-state index contributed by atoms with van der Waals surface area (Å²) in [6.45, 7) is 0. The van der Waals surface area contributed by atoms with Crippen molar-refractivity contribution in [3.63, 3.8) is 0 Å². The van der Waals surface area contributed by atoms with Crippen LogP contribution in [0.1, 0.15) is 27.9 Å². The number of ketones is 1. The summed E-state index contributed by atoms with van der Waals surface area (Å²) in [5, 5.41) is 10.4. The van der Waals surface area contributed by atoms with E-state index in [4.69, 9.17) is 0 Å². The number of benzene rings is 1. The Morgan fingerprint density at radius 1 is 1.36 bits per heavy atom. The number of aliphatic carboxylic acids is 1. The molecule has 72 valence electrons. The van der Waals surface area contributed by atoms with Crippen molar-refractivity contribution in [2.75, 3.05) is 0 Å². The van der Waals surface area contributed by atoms with E-state index in [2.05, 4.69) is 0 Å². The first kappa shape index (κ1) is 8.94. The molecule has 2 rings (SSSR count). The van der Waals surface area contributed by atoms with Crippen molar-refractivity contribution >= 4 is 11.8 Å². The molecule has 1 aliphatic rings. The number of fused-ring (bicyclic) bond motifs is 1. The lowest BCUT2D eigenvalue weighted by molar-refractivity contribution is -0.304. The third-order valence-corrected chi connectivity index (χ3v) is 2.44. The molecule has 0 heterocycles. The lowest BCUT2D eigenvalue weighted by Gasteiger charge is -2.04. The molecular weight excluding hydrogens is 180 g/mol. The molecule has 0 saturated heterocycles. The van der Waals surface area contributed by atoms with Gasteiger partial charge in [0.05, 0.1) is 0 Å². The number of Topliss-reactive ketones (excluding diaryl/α,β-unsaturated/α-hetero) is 1. The van der Waals surface area contributed by atoms with Crippen LogP contribution in [-0.2, 0) is 17.6 Å². The van der Waals surface area contributed by atoms with Gasteiger partial charge in [0.25, 0.3) is 0 Å². The molecule has 0 fully saturated rings. The minimum atomic E-state index is -1.09. The standard InChI is InChI=1S/C11H10O3/c12-10-4-2-8-5-7(6-11(13)14)1-3-9(8)10/h1,3,5H,2,4,6H2,(H,13,14)/p-1. The molecule has 14 heavy (non-hydrogen) atoms. The Bertz CT molecular complexity index is 407. The van der Waals surface area contributed by atoms with Crippen LogP contribution in [0, 0.1) is 0 Å². The van der Waals surface area contributed by atoms with Crippen molar-refractivity contribution in [3.8, 4) is 0 Å². The first-order valence-corrected chi connectivity index (χ1v) is 4.51. The molecule has 0 aliphatic heterocycles. The van der Waals surface area contributed by atoms with E-state index in [1.54, 1.807) is 18.2 Å². The van der Waals surface area contributed by atoms with Crippen LogP contribution in [0.15, 0.2) is 18.2 Å². The number of carbonyl (C=O) groups excluding carboxylic acids is 2. The summed E-state index contributed by atoms with van der Waals surface area (Å²) in [7, 11) is 0. The van der Waals surface area contributed by atoms with Crippen LogP contribution in [0.4, 0.5) is 0 Å². The van der Waals surface area contributed by atoms with E-state index in [1.807, 2.05) is 0 Å². The number of carbonyl (C=O) groups is 2. The summed E-state index contributed by atoms with van der Waals surface area (Å²) in [4.78, 5) is 21.6. The van der Waals surface area contributed by atoms with Gasteiger partial charge in [-0.3, -0.25) is 4.79 Å². The maximum atomic E-state index is 11.3. The third-order valence-electron chi connectivity index (χ3n) is 2.44. The molecule has 0 saturated carbocycles. The molecule has 0 bridgehead atoms. The molecule has 0 radical (unpaired) electrons. The van der Waals surface area contributed by atoms with Gasteiger partial charge in [0.2, 0.25) is 0 Å². The van der Waals surface area contributed by atoms with E-state index in [-0.39, 0.29) is 12.2 Å². The number of hydrogen-bond donors (Lipinski definition) is 0. The number of rotatable bonds is 2. The Balaban J connectivity index is 2.32. The van der Waals surface area contributed by atoms with Crippen LogP contribution in [0.5, 0.6) is 0 Å². The zero-order valence-corrected chi connectivity index (χ0v) is 7.58. The van der Waals surface area contributed by atoms with E-state index in [0.29, 0.717) is 12.0 Å². The van der Waals surface area contributed by atoms with Gasteiger partial charge in [-0.05, 0) is 17.5 Å². The quantitative estimate of drug-likeness (QED) is 0.663. The largest absolute Gasteiger partial charge is 0.550 e. The van der Waals surface area contributed by atoms with Gasteiger partial charge in [0.15, 0.2) is 5.78 Å². The second-order valence-electron chi connectivity index (χ2n) is 3.46. The predicted octanol–water partition coefficient (Wildman–Crippen LogP) is 0.108. The van der Waals surface area contributed by atoms with Gasteiger partial charge in [-0.1, -0.05) is 18.2 Å². The van der Waals surface area contributed by atoms with Crippen LogP contribution in [0.25, 0.3) is 0 Å². The van der Waals surface area contributed by atoms with E-state index in [1.165, 1.54) is 0 Å². The molecule has 0 amide bonds. The van der Waals surface area contributed by atoms with Gasteiger partial charge in [0.1, 0.15) is 0 Å². The van der Waals surface area contributed by atoms with Crippen molar-refractivity contribution < 1.29 is 14.7 Å². The predicted molar refractivity (Wildman–Crippen MR) is 47.8 cm³/mol. The van der Waals surface area contributed by atoms with E-state index >= 15 is 0 Å². The molecule has 0 unspecified atom stereocenters. The molecule has 1 aromatic carbocycles. The first-order valence-electron chi connectivity index (χ1n) is 4.51. The van der Waals surface area contributed by atoms with Crippen molar-refractivity contribution in [1.29, 1.82) is 0 Å². The lowest BCUT2D eigenvalue weighted by atomic mass is 10.0. The SMILES string of the molecule is O=C([O-])Cc1ccc2c(c1)CCC2=O. The van der Waals surface area contributed by atoms with Crippen molar-refractivity contribution in [3.05, 3.63) is 34.9 Å². The number of carboxylic acid groups (broad SMARTS) is 1. The highest BCUT2D eigenvalue weighted by Crippen LogP contribution is 2.22. The molecule has 3 nitrogen and oxygen atoms in total. The van der Waals surface area contributed by atoms with E-state index in [9.17, 15) is 14.7 Å². The molecule has 1 aliphatic carbocycles. The second kappa shape index (κ2) is 3.25. The summed E-state index contributed by atoms with van der Waals surface area (Å²) in [5.41, 5.74) is 2.42. The van der Waals surface area contributed by atoms with E-state index in [0.717, 1.165) is 17.5 Å². The maximum Gasteiger partial charge on any atom is 0.163 e. The third kappa shape index (κ3) is 1.53. The van der Waals surface area contributed by atoms with Gasteiger partial charge >= 0.3 is 0 Å². The van der Waals surface area contributed by atoms with Gasteiger partial charge in [-0.25, -0.2) is 0 Å². The average Bonchev–Trinajstić information content (AvgIpc) is 2.46. The van der Waals surface area contributed by atoms with Gasteiger partial charge in [-0.15, -0.1) is 0 Å². The zero-order valence-electron chi connectivity index (χ0n) is 7.58. The topological polar surface area (TPSA) is 57.2 Å². The highest BCUT2D eigenvalue weighted by atomic mass is 16.4. The van der Waals surface area contributed by atoms with E-state index < -0.39 is 5.97 Å². The molecule has 0 N–H and O–H groups in total. The minimum absolute atomic E-state index is 0.0819. The fraction of sp³-hybridized carbons (Fsp3) is 0.273. The van der Waals surface area contributed by atoms with Crippen molar-refractivity contribution in [2.45, 2.75) is 19.3 Å². The fourth-order valence-electron chi connectivity index (χ4n) is 1.79. The average molecular weight is 189 g/mol. The Kier molecular flexibility index (Phi) is 2.08. The molecule has 0 spiro atoms. The van der Waals surface area contributed by atoms with Gasteiger partial charge in [-0.2, -0.15) is 0 Å². The normalized spacial score (nSPS) is 14.1. The molecular formula is C11H9O3-. The van der Waals surface area contributed by atoms with Crippen LogP contribution >= 0.6 is 0 Å². The summed E-state index contributed by atoms with van der Waals surface area (Å²) in [5.74, 6) is -0.936. The Labute approximate surface area is 81.4 Å². The van der Waals surface area contributed by atoms with Crippen molar-refractivity contribution in [1.82, 2.24) is 0 Å². The Morgan fingerprint density at radius 2 is 2.14 bits per heavy atom. The van der Waals surface area contributed by atoms with Crippen LogP contribution in [-0.4, -0.2) is 11.8 Å². The lowest BCUT2D eigenvalue weighted by Crippen LogP contribution is -2.24. The van der Waals surface area contributed by atoms with Crippen LogP contribution < -0.4 is 5.11 Å². The van der Waals surface area contributed by atoms with Crippen LogP contribution in [0.2, 0.25) is 0 Å². The first-order chi connectivity index (χ1) is 6.66. The summed E-state index contributed by atoms with van der Waals surface area (Å²) in [6.07, 6.45) is 1.20.